The Morgan fingerprint density at radius 2 is 2.21 bits per heavy atom. The lowest BCUT2D eigenvalue weighted by atomic mass is 10.1. The second-order valence-corrected chi connectivity index (χ2v) is 2.88. The minimum absolute atomic E-state index is 0.345. The molecule has 0 saturated heterocycles. The van der Waals surface area contributed by atoms with Crippen LogP contribution in [0.3, 0.4) is 0 Å². The molecule has 0 aliphatic carbocycles. The fourth-order valence-electron chi connectivity index (χ4n) is 1.22. The predicted octanol–water partition coefficient (Wildman–Crippen LogP) is 2.31. The summed E-state index contributed by atoms with van der Waals surface area (Å²) in [5, 5.41) is 8.56. The minimum atomic E-state index is -0.345. The molecule has 0 bridgehead atoms. The molecule has 0 atom stereocenters. The zero-order valence-corrected chi connectivity index (χ0v) is 8.15. The van der Waals surface area contributed by atoms with Crippen LogP contribution in [-0.2, 0) is 4.74 Å². The van der Waals surface area contributed by atoms with Gasteiger partial charge in [-0.2, -0.15) is 0 Å². The summed E-state index contributed by atoms with van der Waals surface area (Å²) in [6.45, 7) is 1.82. The Hall–Kier alpha value is -1.77. The second kappa shape index (κ2) is 4.46. The quantitative estimate of drug-likeness (QED) is 0.577. The van der Waals surface area contributed by atoms with Gasteiger partial charge in [0.2, 0.25) is 0 Å². The summed E-state index contributed by atoms with van der Waals surface area (Å²) in [5.74, 6) is -0.345. The lowest BCUT2D eigenvalue weighted by Gasteiger charge is -2.04. The van der Waals surface area contributed by atoms with Crippen LogP contribution in [0.15, 0.2) is 24.5 Å². The van der Waals surface area contributed by atoms with Crippen molar-refractivity contribution in [1.29, 1.82) is 0 Å². The van der Waals surface area contributed by atoms with Crippen molar-refractivity contribution in [3.05, 3.63) is 41.2 Å². The van der Waals surface area contributed by atoms with E-state index in [0.717, 1.165) is 17.4 Å². The third-order valence-electron chi connectivity index (χ3n) is 1.92. The van der Waals surface area contributed by atoms with E-state index in [0.29, 0.717) is 5.56 Å². The number of benzene rings is 1. The third kappa shape index (κ3) is 2.13. The molecule has 14 heavy (non-hydrogen) atoms. The molecular formula is C11H12O3. The lowest BCUT2D eigenvalue weighted by Crippen LogP contribution is -2.03. The zero-order valence-electron chi connectivity index (χ0n) is 8.15. The van der Waals surface area contributed by atoms with E-state index in [-0.39, 0.29) is 5.97 Å². The van der Waals surface area contributed by atoms with Gasteiger partial charge in [-0.1, -0.05) is 12.1 Å². The summed E-state index contributed by atoms with van der Waals surface area (Å²) in [7, 11) is 1.35. The number of hydrogen-bond acceptors (Lipinski definition) is 3. The number of aliphatic hydroxyl groups excluding tert-OH is 1. The van der Waals surface area contributed by atoms with Crippen LogP contribution in [0.1, 0.15) is 21.5 Å². The molecule has 0 amide bonds. The normalized spacial score (nSPS) is 10.4. The summed E-state index contributed by atoms with van der Waals surface area (Å²) in [5.41, 5.74) is 2.22. The highest BCUT2D eigenvalue weighted by Gasteiger charge is 2.07. The Labute approximate surface area is 82.6 Å². The highest BCUT2D eigenvalue weighted by atomic mass is 16.5. The van der Waals surface area contributed by atoms with Gasteiger partial charge < -0.3 is 9.84 Å². The molecule has 1 aromatic carbocycles. The van der Waals surface area contributed by atoms with Gasteiger partial charge in [-0.05, 0) is 30.2 Å². The molecule has 3 nitrogen and oxygen atoms in total. The summed E-state index contributed by atoms with van der Waals surface area (Å²) in [4.78, 5) is 11.2. The number of ether oxygens (including phenoxy) is 1. The van der Waals surface area contributed by atoms with Gasteiger partial charge in [0.1, 0.15) is 0 Å². The predicted molar refractivity (Wildman–Crippen MR) is 54.2 cm³/mol. The largest absolute Gasteiger partial charge is 0.516 e. The van der Waals surface area contributed by atoms with Crippen LogP contribution in [0.5, 0.6) is 0 Å². The molecule has 0 heterocycles. The maximum absolute atomic E-state index is 11.2. The fourth-order valence-corrected chi connectivity index (χ4v) is 1.22. The molecule has 0 saturated carbocycles. The van der Waals surface area contributed by atoms with Crippen LogP contribution in [0.4, 0.5) is 0 Å². The van der Waals surface area contributed by atoms with Crippen LogP contribution < -0.4 is 0 Å². The van der Waals surface area contributed by atoms with Crippen LogP contribution >= 0.6 is 0 Å². The van der Waals surface area contributed by atoms with Crippen molar-refractivity contribution < 1.29 is 14.6 Å². The first-order valence-corrected chi connectivity index (χ1v) is 4.18. The molecule has 74 valence electrons. The molecule has 0 spiro atoms. The van der Waals surface area contributed by atoms with Gasteiger partial charge in [-0.25, -0.2) is 4.79 Å². The Kier molecular flexibility index (Phi) is 3.29. The van der Waals surface area contributed by atoms with Gasteiger partial charge in [0.05, 0.1) is 18.9 Å². The fraction of sp³-hybridized carbons (Fsp3) is 0.182. The standard InChI is InChI=1S/C11H12O3/c1-8-7-9(5-6-12)3-4-10(8)11(13)14-2/h3-7,12H,1-2H3. The van der Waals surface area contributed by atoms with Crippen molar-refractivity contribution in [2.75, 3.05) is 7.11 Å². The monoisotopic (exact) mass is 192 g/mol. The molecular weight excluding hydrogens is 180 g/mol. The number of esters is 1. The van der Waals surface area contributed by atoms with Crippen molar-refractivity contribution in [3.8, 4) is 0 Å². The number of aliphatic hydroxyl groups is 1. The number of hydrogen-bond donors (Lipinski definition) is 1. The molecule has 1 rings (SSSR count). The Morgan fingerprint density at radius 3 is 2.71 bits per heavy atom. The Balaban J connectivity index is 3.07. The highest BCUT2D eigenvalue weighted by Crippen LogP contribution is 2.13. The Morgan fingerprint density at radius 1 is 1.50 bits per heavy atom. The van der Waals surface area contributed by atoms with Crippen LogP contribution in [0, 0.1) is 6.92 Å². The zero-order chi connectivity index (χ0) is 10.6. The molecule has 1 N–H and O–H groups in total. The summed E-state index contributed by atoms with van der Waals surface area (Å²) < 4.78 is 4.61. The average Bonchev–Trinajstić information content (AvgIpc) is 2.17. The van der Waals surface area contributed by atoms with Crippen molar-refractivity contribution in [2.45, 2.75) is 6.92 Å². The number of rotatable bonds is 2. The molecule has 0 unspecified atom stereocenters. The van der Waals surface area contributed by atoms with Crippen molar-refractivity contribution >= 4 is 12.0 Å². The smallest absolute Gasteiger partial charge is 0.338 e. The third-order valence-corrected chi connectivity index (χ3v) is 1.92. The SMILES string of the molecule is COC(=O)c1ccc(C=CO)cc1C. The molecule has 1 aromatic rings. The van der Waals surface area contributed by atoms with E-state index in [4.69, 9.17) is 5.11 Å². The van der Waals surface area contributed by atoms with Gasteiger partial charge in [-0.3, -0.25) is 0 Å². The first kappa shape index (κ1) is 10.3. The summed E-state index contributed by atoms with van der Waals surface area (Å²) in [6.07, 6.45) is 2.51. The van der Waals surface area contributed by atoms with E-state index in [9.17, 15) is 4.79 Å². The van der Waals surface area contributed by atoms with E-state index in [2.05, 4.69) is 4.74 Å². The Bertz CT molecular complexity index is 367. The van der Waals surface area contributed by atoms with Gasteiger partial charge in [0.15, 0.2) is 0 Å². The van der Waals surface area contributed by atoms with Gasteiger partial charge >= 0.3 is 5.97 Å². The van der Waals surface area contributed by atoms with Crippen molar-refractivity contribution in [1.82, 2.24) is 0 Å². The van der Waals surface area contributed by atoms with E-state index in [1.54, 1.807) is 24.3 Å². The molecule has 0 fully saturated rings. The number of carbonyl (C=O) groups excluding carboxylic acids is 1. The molecule has 0 aliphatic heterocycles. The minimum Gasteiger partial charge on any atom is -0.516 e. The lowest BCUT2D eigenvalue weighted by molar-refractivity contribution is 0.0600. The van der Waals surface area contributed by atoms with Crippen LogP contribution in [0.2, 0.25) is 0 Å². The van der Waals surface area contributed by atoms with Crippen LogP contribution in [0.25, 0.3) is 6.08 Å². The van der Waals surface area contributed by atoms with E-state index >= 15 is 0 Å². The molecule has 3 heteroatoms. The van der Waals surface area contributed by atoms with Gasteiger partial charge in [0.25, 0.3) is 0 Å². The maximum Gasteiger partial charge on any atom is 0.338 e. The van der Waals surface area contributed by atoms with Crippen molar-refractivity contribution in [2.24, 2.45) is 0 Å². The van der Waals surface area contributed by atoms with E-state index in [1.807, 2.05) is 6.92 Å². The topological polar surface area (TPSA) is 46.5 Å². The maximum atomic E-state index is 11.2. The first-order chi connectivity index (χ1) is 6.69. The molecule has 0 aliphatic rings. The van der Waals surface area contributed by atoms with Crippen molar-refractivity contribution in [3.63, 3.8) is 0 Å². The highest BCUT2D eigenvalue weighted by molar-refractivity contribution is 5.91. The average molecular weight is 192 g/mol. The number of methoxy groups -OCH3 is 1. The molecule has 0 aromatic heterocycles. The summed E-state index contributed by atoms with van der Waals surface area (Å²) >= 11 is 0. The first-order valence-electron chi connectivity index (χ1n) is 4.18. The van der Waals surface area contributed by atoms with Gasteiger partial charge in [-0.15, -0.1) is 0 Å². The number of aryl methyl sites for hydroxylation is 1. The second-order valence-electron chi connectivity index (χ2n) is 2.88. The van der Waals surface area contributed by atoms with E-state index < -0.39 is 0 Å². The van der Waals surface area contributed by atoms with Crippen LogP contribution in [-0.4, -0.2) is 18.2 Å². The van der Waals surface area contributed by atoms with E-state index in [1.165, 1.54) is 7.11 Å². The number of carbonyl (C=O) groups is 1. The van der Waals surface area contributed by atoms with Gasteiger partial charge in [0, 0.05) is 0 Å². The summed E-state index contributed by atoms with van der Waals surface area (Å²) in [6, 6.07) is 5.22. The molecule has 0 radical (unpaired) electrons.